The lowest BCUT2D eigenvalue weighted by Gasteiger charge is -2.10. The third-order valence-electron chi connectivity index (χ3n) is 4.77. The summed E-state index contributed by atoms with van der Waals surface area (Å²) in [6.45, 7) is 0. The van der Waals surface area contributed by atoms with E-state index in [1.54, 1.807) is 53.7 Å². The van der Waals surface area contributed by atoms with Gasteiger partial charge in [-0.25, -0.2) is 0 Å². The number of nitrogens with zero attached hydrogens (tertiary/aromatic N) is 3. The molecule has 31 heavy (non-hydrogen) atoms. The molecule has 0 unspecified atom stereocenters. The number of anilines is 1. The minimum atomic E-state index is -0.206. The van der Waals surface area contributed by atoms with Crippen LogP contribution in [0.1, 0.15) is 10.4 Å². The molecule has 0 atom stereocenters. The Balaban J connectivity index is 1.32. The van der Waals surface area contributed by atoms with Crippen molar-refractivity contribution in [3.8, 4) is 22.8 Å². The lowest BCUT2D eigenvalue weighted by Crippen LogP contribution is -2.11. The van der Waals surface area contributed by atoms with Crippen LogP contribution in [0.25, 0.3) is 22.2 Å². The van der Waals surface area contributed by atoms with Crippen molar-refractivity contribution in [2.75, 3.05) is 5.32 Å². The molecule has 0 saturated heterocycles. The summed E-state index contributed by atoms with van der Waals surface area (Å²) in [5.41, 5.74) is 3.61. The van der Waals surface area contributed by atoms with E-state index >= 15 is 0 Å². The Morgan fingerprint density at radius 1 is 1.06 bits per heavy atom. The van der Waals surface area contributed by atoms with Gasteiger partial charge in [0.1, 0.15) is 17.1 Å². The van der Waals surface area contributed by atoms with Crippen LogP contribution in [-0.4, -0.2) is 20.7 Å². The zero-order valence-electron chi connectivity index (χ0n) is 16.6. The standard InChI is InChI=1S/C24H18N4O3/c1-28-15-18(14-26-28)22-13-21(7-9-25-22)31-20-4-2-3-19(12-20)27-24(29)17-5-6-23-16(11-17)8-10-30-23/h2-15H,1H3,(H,27,29). The van der Waals surface area contributed by atoms with Crippen molar-refractivity contribution in [2.45, 2.75) is 0 Å². The first kappa shape index (κ1) is 18.6. The van der Waals surface area contributed by atoms with Crippen molar-refractivity contribution >= 4 is 22.6 Å². The molecule has 0 aliphatic carbocycles. The summed E-state index contributed by atoms with van der Waals surface area (Å²) in [7, 11) is 1.86. The summed E-state index contributed by atoms with van der Waals surface area (Å²) in [6.07, 6.45) is 6.94. The van der Waals surface area contributed by atoms with Crippen LogP contribution in [0.3, 0.4) is 0 Å². The van der Waals surface area contributed by atoms with E-state index in [0.717, 1.165) is 22.2 Å². The first-order valence-corrected chi connectivity index (χ1v) is 9.66. The summed E-state index contributed by atoms with van der Waals surface area (Å²) >= 11 is 0. The van der Waals surface area contributed by atoms with E-state index in [1.165, 1.54) is 0 Å². The van der Waals surface area contributed by atoms with Gasteiger partial charge in [0.25, 0.3) is 5.91 Å². The Kier molecular flexibility index (Phi) is 4.68. The van der Waals surface area contributed by atoms with Crippen LogP contribution in [0.5, 0.6) is 11.5 Å². The van der Waals surface area contributed by atoms with Crippen LogP contribution >= 0.6 is 0 Å². The number of amides is 1. The summed E-state index contributed by atoms with van der Waals surface area (Å²) in [6, 6.07) is 18.0. The predicted molar refractivity (Wildman–Crippen MR) is 117 cm³/mol. The van der Waals surface area contributed by atoms with Gasteiger partial charge < -0.3 is 14.5 Å². The Morgan fingerprint density at radius 2 is 1.97 bits per heavy atom. The number of pyridine rings is 1. The van der Waals surface area contributed by atoms with E-state index in [-0.39, 0.29) is 5.91 Å². The zero-order chi connectivity index (χ0) is 21.2. The Hall–Kier alpha value is -4.39. The molecular weight excluding hydrogens is 392 g/mol. The third-order valence-corrected chi connectivity index (χ3v) is 4.77. The van der Waals surface area contributed by atoms with E-state index in [9.17, 15) is 4.79 Å². The molecule has 0 aliphatic rings. The number of fused-ring (bicyclic) bond motifs is 1. The van der Waals surface area contributed by atoms with E-state index in [0.29, 0.717) is 22.7 Å². The SMILES string of the molecule is Cn1cc(-c2cc(Oc3cccc(NC(=O)c4ccc5occc5c4)c3)ccn2)cn1. The van der Waals surface area contributed by atoms with Crippen molar-refractivity contribution in [1.29, 1.82) is 0 Å². The van der Waals surface area contributed by atoms with Gasteiger partial charge in [-0.15, -0.1) is 0 Å². The van der Waals surface area contributed by atoms with Gasteiger partial charge in [-0.3, -0.25) is 14.5 Å². The maximum Gasteiger partial charge on any atom is 0.255 e. The van der Waals surface area contributed by atoms with Crippen molar-refractivity contribution in [1.82, 2.24) is 14.8 Å². The molecule has 5 rings (SSSR count). The van der Waals surface area contributed by atoms with Crippen LogP contribution in [0, 0.1) is 0 Å². The summed E-state index contributed by atoms with van der Waals surface area (Å²) < 4.78 is 13.0. The normalized spacial score (nSPS) is 10.9. The molecule has 5 aromatic rings. The molecule has 0 radical (unpaired) electrons. The number of nitrogens with one attached hydrogen (secondary N) is 1. The summed E-state index contributed by atoms with van der Waals surface area (Å²) in [5.74, 6) is 1.04. The quantitative estimate of drug-likeness (QED) is 0.427. The number of hydrogen-bond donors (Lipinski definition) is 1. The predicted octanol–water partition coefficient (Wildman–Crippen LogP) is 5.27. The average Bonchev–Trinajstić information content (AvgIpc) is 3.42. The van der Waals surface area contributed by atoms with Crippen molar-refractivity contribution < 1.29 is 13.9 Å². The van der Waals surface area contributed by atoms with Crippen molar-refractivity contribution in [3.05, 3.63) is 91.1 Å². The number of benzene rings is 2. The first-order valence-electron chi connectivity index (χ1n) is 9.66. The van der Waals surface area contributed by atoms with Crippen LogP contribution in [-0.2, 0) is 7.05 Å². The lowest BCUT2D eigenvalue weighted by atomic mass is 10.1. The highest BCUT2D eigenvalue weighted by atomic mass is 16.5. The molecule has 0 saturated carbocycles. The minimum absolute atomic E-state index is 0.206. The highest BCUT2D eigenvalue weighted by Gasteiger charge is 2.10. The smallest absolute Gasteiger partial charge is 0.255 e. The fraction of sp³-hybridized carbons (Fsp3) is 0.0417. The topological polar surface area (TPSA) is 82.2 Å². The highest BCUT2D eigenvalue weighted by molar-refractivity contribution is 6.06. The second kappa shape index (κ2) is 7.79. The van der Waals surface area contributed by atoms with Gasteiger partial charge in [0.05, 0.1) is 18.2 Å². The molecule has 3 heterocycles. The van der Waals surface area contributed by atoms with Gasteiger partial charge in [0.15, 0.2) is 0 Å². The Bertz CT molecular complexity index is 1390. The number of carbonyl (C=O) groups is 1. The second-order valence-corrected chi connectivity index (χ2v) is 7.04. The number of aromatic nitrogens is 3. The summed E-state index contributed by atoms with van der Waals surface area (Å²) in [5, 5.41) is 7.96. The first-order chi connectivity index (χ1) is 15.1. The number of rotatable bonds is 5. The van der Waals surface area contributed by atoms with Gasteiger partial charge >= 0.3 is 0 Å². The van der Waals surface area contributed by atoms with Crippen LogP contribution in [0.4, 0.5) is 5.69 Å². The summed E-state index contributed by atoms with van der Waals surface area (Å²) in [4.78, 5) is 17.0. The molecule has 0 bridgehead atoms. The van der Waals surface area contributed by atoms with E-state index < -0.39 is 0 Å². The van der Waals surface area contributed by atoms with Crippen LogP contribution in [0.15, 0.2) is 89.9 Å². The third kappa shape index (κ3) is 4.02. The fourth-order valence-electron chi connectivity index (χ4n) is 3.27. The molecule has 1 amide bonds. The van der Waals surface area contributed by atoms with Gasteiger partial charge in [-0.2, -0.15) is 5.10 Å². The number of furan rings is 1. The maximum absolute atomic E-state index is 12.7. The molecule has 2 aromatic carbocycles. The van der Waals surface area contributed by atoms with Crippen LogP contribution < -0.4 is 10.1 Å². The molecule has 0 aliphatic heterocycles. The lowest BCUT2D eigenvalue weighted by molar-refractivity contribution is 0.102. The number of carbonyl (C=O) groups excluding carboxylic acids is 1. The highest BCUT2D eigenvalue weighted by Crippen LogP contribution is 2.27. The second-order valence-electron chi connectivity index (χ2n) is 7.04. The van der Waals surface area contributed by atoms with E-state index in [1.807, 2.05) is 43.6 Å². The number of aryl methyl sites for hydroxylation is 1. The minimum Gasteiger partial charge on any atom is -0.464 e. The van der Waals surface area contributed by atoms with Gasteiger partial charge in [0, 0.05) is 53.8 Å². The molecule has 152 valence electrons. The molecule has 7 nitrogen and oxygen atoms in total. The van der Waals surface area contributed by atoms with Gasteiger partial charge in [-0.1, -0.05) is 6.07 Å². The van der Waals surface area contributed by atoms with Gasteiger partial charge in [-0.05, 0) is 42.5 Å². The number of ether oxygens (including phenoxy) is 1. The average molecular weight is 410 g/mol. The van der Waals surface area contributed by atoms with Crippen LogP contribution in [0.2, 0.25) is 0 Å². The molecule has 0 spiro atoms. The molecular formula is C24H18N4O3. The van der Waals surface area contributed by atoms with Crippen molar-refractivity contribution in [2.24, 2.45) is 7.05 Å². The molecule has 0 fully saturated rings. The van der Waals surface area contributed by atoms with Gasteiger partial charge in [0.2, 0.25) is 0 Å². The maximum atomic E-state index is 12.7. The Labute approximate surface area is 177 Å². The largest absolute Gasteiger partial charge is 0.464 e. The Morgan fingerprint density at radius 3 is 2.84 bits per heavy atom. The van der Waals surface area contributed by atoms with E-state index in [4.69, 9.17) is 9.15 Å². The fourth-order valence-corrected chi connectivity index (χ4v) is 3.27. The van der Waals surface area contributed by atoms with E-state index in [2.05, 4.69) is 15.4 Å². The molecule has 7 heteroatoms. The van der Waals surface area contributed by atoms with Crippen molar-refractivity contribution in [3.63, 3.8) is 0 Å². The molecule has 3 aromatic heterocycles. The monoisotopic (exact) mass is 410 g/mol. The molecule has 1 N–H and O–H groups in total. The number of hydrogen-bond acceptors (Lipinski definition) is 5. The zero-order valence-corrected chi connectivity index (χ0v) is 16.6.